The van der Waals surface area contributed by atoms with Crippen LogP contribution < -0.4 is 10.6 Å². The summed E-state index contributed by atoms with van der Waals surface area (Å²) in [7, 11) is 0. The van der Waals surface area contributed by atoms with Crippen LogP contribution in [0, 0.1) is 5.82 Å². The van der Waals surface area contributed by atoms with Gasteiger partial charge in [0.15, 0.2) is 5.13 Å². The second kappa shape index (κ2) is 7.44. The fourth-order valence-electron chi connectivity index (χ4n) is 2.32. The van der Waals surface area contributed by atoms with Crippen molar-refractivity contribution in [3.63, 3.8) is 0 Å². The van der Waals surface area contributed by atoms with E-state index in [2.05, 4.69) is 41.6 Å². The van der Waals surface area contributed by atoms with E-state index in [0.29, 0.717) is 11.0 Å². The highest BCUT2D eigenvalue weighted by atomic mass is 32.1. The van der Waals surface area contributed by atoms with E-state index in [-0.39, 0.29) is 5.69 Å². The Balaban J connectivity index is 1.67. The summed E-state index contributed by atoms with van der Waals surface area (Å²) in [5.41, 5.74) is 3.17. The quantitative estimate of drug-likeness (QED) is 0.629. The van der Waals surface area contributed by atoms with Gasteiger partial charge in [0.05, 0.1) is 11.4 Å². The van der Waals surface area contributed by atoms with Gasteiger partial charge in [0, 0.05) is 10.9 Å². The van der Waals surface area contributed by atoms with Gasteiger partial charge >= 0.3 is 6.03 Å². The van der Waals surface area contributed by atoms with E-state index in [4.69, 9.17) is 0 Å². The molecule has 0 fully saturated rings. The zero-order chi connectivity index (χ0) is 17.8. The molecule has 128 valence electrons. The van der Waals surface area contributed by atoms with Gasteiger partial charge in [-0.15, -0.1) is 11.3 Å². The molecule has 0 saturated heterocycles. The topological polar surface area (TPSA) is 54.0 Å². The molecule has 25 heavy (non-hydrogen) atoms. The SMILES string of the molecule is CC(C)c1ccc(-c2csc(NC(=O)Nc3ccccc3F)n2)cc1. The molecule has 2 aromatic carbocycles. The number of urea groups is 1. The zero-order valence-electron chi connectivity index (χ0n) is 13.9. The van der Waals surface area contributed by atoms with E-state index >= 15 is 0 Å². The molecule has 0 bridgehead atoms. The van der Waals surface area contributed by atoms with Gasteiger partial charge in [0.2, 0.25) is 0 Å². The molecule has 1 aromatic heterocycles. The summed E-state index contributed by atoms with van der Waals surface area (Å²) in [6.45, 7) is 4.29. The van der Waals surface area contributed by atoms with Gasteiger partial charge in [-0.05, 0) is 23.6 Å². The number of rotatable bonds is 4. The summed E-state index contributed by atoms with van der Waals surface area (Å²) in [5.74, 6) is -0.00786. The van der Waals surface area contributed by atoms with Gasteiger partial charge < -0.3 is 5.32 Å². The minimum Gasteiger partial charge on any atom is -0.305 e. The third kappa shape index (κ3) is 4.22. The molecule has 4 nitrogen and oxygen atoms in total. The predicted octanol–water partition coefficient (Wildman–Crippen LogP) is 5.72. The molecule has 0 radical (unpaired) electrons. The summed E-state index contributed by atoms with van der Waals surface area (Å²) in [6, 6.07) is 13.7. The maximum Gasteiger partial charge on any atom is 0.325 e. The number of carbonyl (C=O) groups excluding carboxylic acids is 1. The standard InChI is InChI=1S/C19H18FN3OS/c1-12(2)13-7-9-14(10-8-13)17-11-25-19(22-17)23-18(24)21-16-6-4-3-5-15(16)20/h3-12H,1-2H3,(H2,21,22,23,24). The average molecular weight is 355 g/mol. The van der Waals surface area contributed by atoms with Gasteiger partial charge in [-0.3, -0.25) is 5.32 Å². The average Bonchev–Trinajstić information content (AvgIpc) is 3.05. The van der Waals surface area contributed by atoms with Gasteiger partial charge in [0.25, 0.3) is 0 Å². The Morgan fingerprint density at radius 1 is 1.08 bits per heavy atom. The van der Waals surface area contributed by atoms with Crippen LogP contribution >= 0.6 is 11.3 Å². The summed E-state index contributed by atoms with van der Waals surface area (Å²) < 4.78 is 13.5. The fourth-order valence-corrected chi connectivity index (χ4v) is 3.03. The van der Waals surface area contributed by atoms with Crippen molar-refractivity contribution in [1.29, 1.82) is 0 Å². The third-order valence-electron chi connectivity index (χ3n) is 3.72. The van der Waals surface area contributed by atoms with Crippen LogP contribution in [0.4, 0.5) is 20.0 Å². The minimum atomic E-state index is -0.527. The van der Waals surface area contributed by atoms with E-state index in [1.807, 2.05) is 17.5 Å². The molecule has 0 aliphatic carbocycles. The molecule has 0 atom stereocenters. The first-order valence-electron chi connectivity index (χ1n) is 7.91. The molecule has 6 heteroatoms. The number of nitrogens with one attached hydrogen (secondary N) is 2. The van der Waals surface area contributed by atoms with Crippen LogP contribution in [0.15, 0.2) is 53.9 Å². The second-order valence-corrected chi connectivity index (χ2v) is 6.73. The van der Waals surface area contributed by atoms with Crippen molar-refractivity contribution in [3.8, 4) is 11.3 Å². The lowest BCUT2D eigenvalue weighted by Crippen LogP contribution is -2.19. The van der Waals surface area contributed by atoms with Gasteiger partial charge in [-0.25, -0.2) is 14.2 Å². The van der Waals surface area contributed by atoms with E-state index < -0.39 is 11.8 Å². The fraction of sp³-hybridized carbons (Fsp3) is 0.158. The number of aromatic nitrogens is 1. The summed E-state index contributed by atoms with van der Waals surface area (Å²) in [5, 5.41) is 7.43. The zero-order valence-corrected chi connectivity index (χ0v) is 14.7. The van der Waals surface area contributed by atoms with Crippen molar-refractivity contribution in [2.45, 2.75) is 19.8 Å². The number of halogens is 1. The first-order valence-corrected chi connectivity index (χ1v) is 8.79. The highest BCUT2D eigenvalue weighted by Gasteiger charge is 2.10. The number of benzene rings is 2. The maximum atomic E-state index is 13.5. The van der Waals surface area contributed by atoms with Crippen molar-refractivity contribution in [2.75, 3.05) is 10.6 Å². The van der Waals surface area contributed by atoms with E-state index in [0.717, 1.165) is 11.3 Å². The normalized spacial score (nSPS) is 10.7. The predicted molar refractivity (Wildman–Crippen MR) is 101 cm³/mol. The van der Waals surface area contributed by atoms with Crippen LogP contribution in [-0.4, -0.2) is 11.0 Å². The first-order chi connectivity index (χ1) is 12.0. The number of carbonyl (C=O) groups is 1. The third-order valence-corrected chi connectivity index (χ3v) is 4.48. The number of amides is 2. The molecule has 0 aliphatic rings. The molecular weight excluding hydrogens is 337 g/mol. The Labute approximate surface area is 149 Å². The van der Waals surface area contributed by atoms with E-state index in [1.165, 1.54) is 29.0 Å². The van der Waals surface area contributed by atoms with Crippen LogP contribution in [0.25, 0.3) is 11.3 Å². The van der Waals surface area contributed by atoms with Crippen molar-refractivity contribution < 1.29 is 9.18 Å². The number of hydrogen-bond donors (Lipinski definition) is 2. The Bertz CT molecular complexity index is 874. The lowest BCUT2D eigenvalue weighted by Gasteiger charge is -2.06. The molecule has 0 aliphatic heterocycles. The van der Waals surface area contributed by atoms with E-state index in [1.54, 1.807) is 12.1 Å². The van der Waals surface area contributed by atoms with Crippen LogP contribution in [0.3, 0.4) is 0 Å². The molecule has 3 rings (SSSR count). The Hall–Kier alpha value is -2.73. The highest BCUT2D eigenvalue weighted by molar-refractivity contribution is 7.14. The smallest absolute Gasteiger partial charge is 0.305 e. The molecule has 2 N–H and O–H groups in total. The number of thiazole rings is 1. The van der Waals surface area contributed by atoms with Crippen LogP contribution in [-0.2, 0) is 0 Å². The first kappa shape index (κ1) is 17.1. The molecule has 1 heterocycles. The summed E-state index contributed by atoms with van der Waals surface area (Å²) >= 11 is 1.32. The van der Waals surface area contributed by atoms with E-state index in [9.17, 15) is 9.18 Å². The lowest BCUT2D eigenvalue weighted by atomic mass is 10.0. The minimum absolute atomic E-state index is 0.126. The maximum absolute atomic E-state index is 13.5. The second-order valence-electron chi connectivity index (χ2n) is 5.87. The largest absolute Gasteiger partial charge is 0.325 e. The summed E-state index contributed by atoms with van der Waals surface area (Å²) in [6.07, 6.45) is 0. The van der Waals surface area contributed by atoms with Crippen molar-refractivity contribution >= 4 is 28.2 Å². The Kier molecular flexibility index (Phi) is 5.09. The highest BCUT2D eigenvalue weighted by Crippen LogP contribution is 2.26. The van der Waals surface area contributed by atoms with Crippen molar-refractivity contribution in [3.05, 3.63) is 65.3 Å². The van der Waals surface area contributed by atoms with Gasteiger partial charge in [-0.2, -0.15) is 0 Å². The van der Waals surface area contributed by atoms with Crippen molar-refractivity contribution in [2.24, 2.45) is 0 Å². The molecule has 3 aromatic rings. The number of hydrogen-bond acceptors (Lipinski definition) is 3. The monoisotopic (exact) mass is 355 g/mol. The number of para-hydroxylation sites is 1. The molecule has 0 unspecified atom stereocenters. The number of nitrogens with zero attached hydrogens (tertiary/aromatic N) is 1. The Morgan fingerprint density at radius 3 is 2.48 bits per heavy atom. The Morgan fingerprint density at radius 2 is 1.80 bits per heavy atom. The van der Waals surface area contributed by atoms with Crippen LogP contribution in [0.2, 0.25) is 0 Å². The van der Waals surface area contributed by atoms with Crippen LogP contribution in [0.1, 0.15) is 25.3 Å². The molecule has 0 spiro atoms. The molecule has 2 amide bonds. The molecular formula is C19H18FN3OS. The lowest BCUT2D eigenvalue weighted by molar-refractivity contribution is 0.262. The van der Waals surface area contributed by atoms with Crippen molar-refractivity contribution in [1.82, 2.24) is 4.98 Å². The van der Waals surface area contributed by atoms with Gasteiger partial charge in [-0.1, -0.05) is 50.2 Å². The summed E-state index contributed by atoms with van der Waals surface area (Å²) in [4.78, 5) is 16.4. The van der Waals surface area contributed by atoms with Crippen LogP contribution in [0.5, 0.6) is 0 Å². The number of anilines is 2. The van der Waals surface area contributed by atoms with Gasteiger partial charge in [0.1, 0.15) is 5.82 Å². The molecule has 0 saturated carbocycles.